The van der Waals surface area contributed by atoms with Crippen LogP contribution in [0.2, 0.25) is 0 Å². The molecular formula is C19H26N2. The lowest BCUT2D eigenvalue weighted by Crippen LogP contribution is -2.35. The second kappa shape index (κ2) is 6.15. The van der Waals surface area contributed by atoms with E-state index in [-0.39, 0.29) is 0 Å². The summed E-state index contributed by atoms with van der Waals surface area (Å²) in [6, 6.07) is 10.2. The van der Waals surface area contributed by atoms with Crippen LogP contribution in [-0.2, 0) is 6.54 Å². The quantitative estimate of drug-likeness (QED) is 0.808. The number of likely N-dealkylation sites (tertiary alicyclic amines) is 1. The standard InChI is InChI=1S/C19H26N2/c1-4-16-10-11-17(5-2)21(16)13-15-12-20-14(3)18-8-6-7-9-19(15)18/h6-9,12,16-17H,4-5,10-11,13H2,1-3H3. The predicted octanol–water partition coefficient (Wildman–Crippen LogP) is 4.70. The van der Waals surface area contributed by atoms with Crippen LogP contribution < -0.4 is 0 Å². The zero-order valence-corrected chi connectivity index (χ0v) is 13.5. The molecule has 0 aliphatic carbocycles. The highest BCUT2D eigenvalue weighted by Crippen LogP contribution is 2.31. The number of fused-ring (bicyclic) bond motifs is 1. The summed E-state index contributed by atoms with van der Waals surface area (Å²) in [4.78, 5) is 7.35. The van der Waals surface area contributed by atoms with Gasteiger partial charge >= 0.3 is 0 Å². The Kier molecular flexibility index (Phi) is 4.25. The van der Waals surface area contributed by atoms with Crippen LogP contribution in [0.25, 0.3) is 10.8 Å². The van der Waals surface area contributed by atoms with Crippen molar-refractivity contribution in [3.05, 3.63) is 41.7 Å². The van der Waals surface area contributed by atoms with Crippen LogP contribution in [-0.4, -0.2) is 22.0 Å². The lowest BCUT2D eigenvalue weighted by atomic mass is 10.0. The fourth-order valence-corrected chi connectivity index (χ4v) is 3.87. The molecule has 2 heteroatoms. The van der Waals surface area contributed by atoms with Crippen LogP contribution in [0.5, 0.6) is 0 Å². The Morgan fingerprint density at radius 2 is 1.67 bits per heavy atom. The first-order valence-electron chi connectivity index (χ1n) is 8.33. The minimum atomic E-state index is 0.745. The van der Waals surface area contributed by atoms with Crippen LogP contribution in [0.4, 0.5) is 0 Å². The normalized spacial score (nSPS) is 23.0. The fraction of sp³-hybridized carbons (Fsp3) is 0.526. The average Bonchev–Trinajstić information content (AvgIpc) is 2.92. The van der Waals surface area contributed by atoms with Crippen molar-refractivity contribution >= 4 is 10.8 Å². The first-order chi connectivity index (χ1) is 10.2. The summed E-state index contributed by atoms with van der Waals surface area (Å²) >= 11 is 0. The van der Waals surface area contributed by atoms with Crippen LogP contribution in [0.1, 0.15) is 50.8 Å². The van der Waals surface area contributed by atoms with E-state index in [0.717, 1.165) is 24.3 Å². The fourth-order valence-electron chi connectivity index (χ4n) is 3.87. The summed E-state index contributed by atoms with van der Waals surface area (Å²) in [6.45, 7) is 7.79. The van der Waals surface area contributed by atoms with E-state index < -0.39 is 0 Å². The molecule has 2 aromatic rings. The summed E-state index contributed by atoms with van der Waals surface area (Å²) in [5.74, 6) is 0. The number of pyridine rings is 1. The molecule has 21 heavy (non-hydrogen) atoms. The van der Waals surface area contributed by atoms with Gasteiger partial charge in [0, 0.05) is 35.9 Å². The summed E-state index contributed by atoms with van der Waals surface area (Å²) < 4.78 is 0. The van der Waals surface area contributed by atoms with Crippen LogP contribution in [0.3, 0.4) is 0 Å². The third kappa shape index (κ3) is 2.69. The summed E-state index contributed by atoms with van der Waals surface area (Å²) in [6.07, 6.45) is 7.31. The van der Waals surface area contributed by atoms with Crippen molar-refractivity contribution in [1.82, 2.24) is 9.88 Å². The molecule has 1 aromatic heterocycles. The largest absolute Gasteiger partial charge is 0.293 e. The molecule has 2 atom stereocenters. The number of aromatic nitrogens is 1. The number of hydrogen-bond donors (Lipinski definition) is 0. The monoisotopic (exact) mass is 282 g/mol. The highest BCUT2D eigenvalue weighted by atomic mass is 15.2. The number of aryl methyl sites for hydroxylation is 1. The third-order valence-corrected chi connectivity index (χ3v) is 5.14. The van der Waals surface area contributed by atoms with Gasteiger partial charge in [-0.1, -0.05) is 38.1 Å². The molecule has 0 N–H and O–H groups in total. The van der Waals surface area contributed by atoms with E-state index in [1.807, 2.05) is 0 Å². The second-order valence-corrected chi connectivity index (χ2v) is 6.29. The van der Waals surface area contributed by atoms with Crippen molar-refractivity contribution in [1.29, 1.82) is 0 Å². The van der Waals surface area contributed by atoms with E-state index in [4.69, 9.17) is 0 Å². The van der Waals surface area contributed by atoms with Gasteiger partial charge in [0.15, 0.2) is 0 Å². The molecule has 0 radical (unpaired) electrons. The third-order valence-electron chi connectivity index (χ3n) is 5.14. The lowest BCUT2D eigenvalue weighted by Gasteiger charge is -2.29. The summed E-state index contributed by atoms with van der Waals surface area (Å²) in [5.41, 5.74) is 2.52. The van der Waals surface area contributed by atoms with Gasteiger partial charge < -0.3 is 0 Å². The zero-order chi connectivity index (χ0) is 14.8. The molecule has 1 aliphatic rings. The highest BCUT2D eigenvalue weighted by molar-refractivity contribution is 5.87. The Balaban J connectivity index is 1.96. The Labute approximate surface area is 128 Å². The maximum atomic E-state index is 4.62. The van der Waals surface area contributed by atoms with Crippen molar-refractivity contribution in [2.45, 2.75) is 65.1 Å². The number of benzene rings is 1. The van der Waals surface area contributed by atoms with Gasteiger partial charge in [0.2, 0.25) is 0 Å². The molecule has 3 rings (SSSR count). The molecule has 1 aromatic carbocycles. The molecule has 1 aliphatic heterocycles. The average molecular weight is 282 g/mol. The summed E-state index contributed by atoms with van der Waals surface area (Å²) in [7, 11) is 0. The van der Waals surface area contributed by atoms with E-state index in [1.165, 1.54) is 42.0 Å². The van der Waals surface area contributed by atoms with Gasteiger partial charge in [-0.15, -0.1) is 0 Å². The molecule has 2 unspecified atom stereocenters. The van der Waals surface area contributed by atoms with Crippen molar-refractivity contribution in [2.75, 3.05) is 0 Å². The second-order valence-electron chi connectivity index (χ2n) is 6.29. The van der Waals surface area contributed by atoms with E-state index in [9.17, 15) is 0 Å². The minimum absolute atomic E-state index is 0.745. The zero-order valence-electron chi connectivity index (χ0n) is 13.5. The van der Waals surface area contributed by atoms with Crippen molar-refractivity contribution < 1.29 is 0 Å². The molecule has 2 heterocycles. The number of hydrogen-bond acceptors (Lipinski definition) is 2. The Bertz CT molecular complexity index is 608. The van der Waals surface area contributed by atoms with E-state index in [0.29, 0.717) is 0 Å². The van der Waals surface area contributed by atoms with E-state index in [2.05, 4.69) is 61.1 Å². The van der Waals surface area contributed by atoms with Gasteiger partial charge in [-0.25, -0.2) is 0 Å². The number of nitrogens with zero attached hydrogens (tertiary/aromatic N) is 2. The van der Waals surface area contributed by atoms with Crippen LogP contribution in [0, 0.1) is 6.92 Å². The van der Waals surface area contributed by atoms with Crippen molar-refractivity contribution in [2.24, 2.45) is 0 Å². The molecular weight excluding hydrogens is 256 g/mol. The first kappa shape index (κ1) is 14.5. The number of rotatable bonds is 4. The smallest absolute Gasteiger partial charge is 0.0451 e. The van der Waals surface area contributed by atoms with Gasteiger partial charge in [0.1, 0.15) is 0 Å². The SMILES string of the molecule is CCC1CCC(CC)N1Cc1cnc(C)c2ccccc12. The molecule has 0 amide bonds. The van der Waals surface area contributed by atoms with Gasteiger partial charge in [0.25, 0.3) is 0 Å². The van der Waals surface area contributed by atoms with Gasteiger partial charge in [-0.3, -0.25) is 9.88 Å². The first-order valence-corrected chi connectivity index (χ1v) is 8.33. The van der Waals surface area contributed by atoms with E-state index in [1.54, 1.807) is 0 Å². The van der Waals surface area contributed by atoms with E-state index >= 15 is 0 Å². The summed E-state index contributed by atoms with van der Waals surface area (Å²) in [5, 5.41) is 2.68. The topological polar surface area (TPSA) is 16.1 Å². The van der Waals surface area contributed by atoms with Gasteiger partial charge in [-0.05, 0) is 43.6 Å². The van der Waals surface area contributed by atoms with Crippen molar-refractivity contribution in [3.63, 3.8) is 0 Å². The molecule has 0 spiro atoms. The Morgan fingerprint density at radius 3 is 2.29 bits per heavy atom. The Hall–Kier alpha value is -1.41. The van der Waals surface area contributed by atoms with Crippen LogP contribution in [0.15, 0.2) is 30.5 Å². The molecule has 1 saturated heterocycles. The maximum absolute atomic E-state index is 4.62. The molecule has 1 fully saturated rings. The van der Waals surface area contributed by atoms with Gasteiger partial charge in [-0.2, -0.15) is 0 Å². The maximum Gasteiger partial charge on any atom is 0.0451 e. The van der Waals surface area contributed by atoms with Crippen molar-refractivity contribution in [3.8, 4) is 0 Å². The minimum Gasteiger partial charge on any atom is -0.293 e. The Morgan fingerprint density at radius 1 is 1.05 bits per heavy atom. The lowest BCUT2D eigenvalue weighted by molar-refractivity contribution is 0.176. The molecule has 0 bridgehead atoms. The molecule has 2 nitrogen and oxygen atoms in total. The highest BCUT2D eigenvalue weighted by Gasteiger charge is 2.31. The molecule has 0 saturated carbocycles. The van der Waals surface area contributed by atoms with Crippen LogP contribution >= 0.6 is 0 Å². The predicted molar refractivity (Wildman–Crippen MR) is 89.4 cm³/mol. The van der Waals surface area contributed by atoms with Gasteiger partial charge in [0.05, 0.1) is 0 Å². The molecule has 112 valence electrons.